The molecule has 284 valence electrons. The standard InChI is InChI=1S/C42H47F2N5O5/c1-3-29-31(43)9-8-26-21-28(50)22-30(33(26)29)36-35(44)37-34(39(45-36)51-2)38(48-14-6-17-52-20-16-48)47-40(46-37)54-25-42-10-4-7-32(42)49(15-5-11-42)27-23-41(24-27)12-18-53-19-13-41/h1,8-9,21-22,27,32,50H,4-7,10-20,23-25H2,2H3. The Balaban J connectivity index is 1.12. The number of methoxy groups -OCH3 is 1. The molecule has 5 aliphatic rings. The van der Waals surface area contributed by atoms with Crippen LogP contribution in [-0.2, 0) is 9.47 Å². The van der Waals surface area contributed by atoms with Gasteiger partial charge in [0, 0.05) is 61.4 Å². The molecule has 0 amide bonds. The molecule has 5 heterocycles. The van der Waals surface area contributed by atoms with Crippen LogP contribution in [-0.4, -0.2) is 96.8 Å². The van der Waals surface area contributed by atoms with Gasteiger partial charge in [0.1, 0.15) is 34.0 Å². The average molecular weight is 740 g/mol. The van der Waals surface area contributed by atoms with Crippen molar-refractivity contribution in [2.24, 2.45) is 10.8 Å². The highest BCUT2D eigenvalue weighted by Crippen LogP contribution is 2.56. The highest BCUT2D eigenvalue weighted by Gasteiger charge is 2.54. The van der Waals surface area contributed by atoms with Crippen molar-refractivity contribution in [3.8, 4) is 41.2 Å². The molecule has 2 aliphatic carbocycles. The number of hydrogen-bond acceptors (Lipinski definition) is 10. The molecular weight excluding hydrogens is 692 g/mol. The van der Waals surface area contributed by atoms with Crippen molar-refractivity contribution in [2.45, 2.75) is 76.3 Å². The first kappa shape index (κ1) is 35.4. The molecule has 3 saturated heterocycles. The minimum Gasteiger partial charge on any atom is -0.508 e. The number of likely N-dealkylation sites (tertiary alicyclic amines) is 1. The van der Waals surface area contributed by atoms with Crippen molar-refractivity contribution in [2.75, 3.05) is 64.7 Å². The van der Waals surface area contributed by atoms with Crippen LogP contribution in [0.4, 0.5) is 14.6 Å². The third-order valence-electron chi connectivity index (χ3n) is 13.1. The van der Waals surface area contributed by atoms with Gasteiger partial charge in [0.15, 0.2) is 5.82 Å². The Morgan fingerprint density at radius 3 is 2.57 bits per heavy atom. The van der Waals surface area contributed by atoms with Crippen molar-refractivity contribution >= 4 is 27.5 Å². The molecule has 9 rings (SSSR count). The summed E-state index contributed by atoms with van der Waals surface area (Å²) in [6.45, 7) is 5.54. The Morgan fingerprint density at radius 2 is 1.76 bits per heavy atom. The van der Waals surface area contributed by atoms with Gasteiger partial charge in [-0.3, -0.25) is 4.90 Å². The lowest BCUT2D eigenvalue weighted by Gasteiger charge is -2.58. The maximum Gasteiger partial charge on any atom is 0.319 e. The van der Waals surface area contributed by atoms with E-state index in [-0.39, 0.29) is 50.8 Å². The van der Waals surface area contributed by atoms with E-state index in [2.05, 4.69) is 15.8 Å². The van der Waals surface area contributed by atoms with Crippen LogP contribution < -0.4 is 14.4 Å². The number of benzene rings is 2. The lowest BCUT2D eigenvalue weighted by molar-refractivity contribution is -0.112. The summed E-state index contributed by atoms with van der Waals surface area (Å²) in [6, 6.07) is 6.63. The number of nitrogens with zero attached hydrogens (tertiary/aromatic N) is 5. The van der Waals surface area contributed by atoms with Crippen molar-refractivity contribution in [3.05, 3.63) is 41.5 Å². The van der Waals surface area contributed by atoms with Gasteiger partial charge < -0.3 is 29.0 Å². The second kappa shape index (κ2) is 14.1. The van der Waals surface area contributed by atoms with Gasteiger partial charge in [-0.25, -0.2) is 13.8 Å². The summed E-state index contributed by atoms with van der Waals surface area (Å²) in [5, 5.41) is 11.7. The Hall–Kier alpha value is -4.31. The molecule has 2 unspecified atom stereocenters. The minimum atomic E-state index is -0.780. The maximum atomic E-state index is 17.3. The largest absolute Gasteiger partial charge is 0.508 e. The monoisotopic (exact) mass is 739 g/mol. The lowest BCUT2D eigenvalue weighted by atomic mass is 9.60. The molecule has 3 aliphatic heterocycles. The van der Waals surface area contributed by atoms with E-state index >= 15 is 8.78 Å². The predicted octanol–water partition coefficient (Wildman–Crippen LogP) is 7.02. The predicted molar refractivity (Wildman–Crippen MR) is 201 cm³/mol. The summed E-state index contributed by atoms with van der Waals surface area (Å²) in [4.78, 5) is 19.2. The normalized spacial score (nSPS) is 24.6. The lowest BCUT2D eigenvalue weighted by Crippen LogP contribution is -2.61. The van der Waals surface area contributed by atoms with Crippen LogP contribution in [0.1, 0.15) is 69.8 Å². The fraction of sp³-hybridized carbons (Fsp3) is 0.548. The van der Waals surface area contributed by atoms with E-state index in [1.165, 1.54) is 57.1 Å². The second-order valence-corrected chi connectivity index (χ2v) is 16.0. The molecule has 0 radical (unpaired) electrons. The van der Waals surface area contributed by atoms with Crippen molar-refractivity contribution in [1.82, 2.24) is 19.9 Å². The van der Waals surface area contributed by atoms with Gasteiger partial charge in [-0.1, -0.05) is 18.4 Å². The van der Waals surface area contributed by atoms with Crippen LogP contribution >= 0.6 is 0 Å². The summed E-state index contributed by atoms with van der Waals surface area (Å²) >= 11 is 0. The number of anilines is 1. The van der Waals surface area contributed by atoms with E-state index < -0.39 is 11.6 Å². The first-order valence-corrected chi connectivity index (χ1v) is 19.5. The van der Waals surface area contributed by atoms with E-state index in [9.17, 15) is 5.11 Å². The number of rotatable bonds is 7. The van der Waals surface area contributed by atoms with Crippen LogP contribution in [0.5, 0.6) is 17.6 Å². The molecule has 4 aromatic rings. The quantitative estimate of drug-likeness (QED) is 0.199. The number of hydrogen-bond donors (Lipinski definition) is 1. The number of piperidine rings is 1. The van der Waals surface area contributed by atoms with Crippen molar-refractivity contribution < 1.29 is 32.8 Å². The van der Waals surface area contributed by atoms with Gasteiger partial charge in [-0.2, -0.15) is 9.97 Å². The maximum absolute atomic E-state index is 17.3. The topological polar surface area (TPSA) is 102 Å². The molecule has 10 nitrogen and oxygen atoms in total. The number of terminal acetylenes is 1. The molecule has 2 aromatic carbocycles. The average Bonchev–Trinajstić information content (AvgIpc) is 3.43. The Labute approximate surface area is 314 Å². The van der Waals surface area contributed by atoms with Crippen LogP contribution in [0.3, 0.4) is 0 Å². The molecule has 1 spiro atoms. The number of fused-ring (bicyclic) bond motifs is 3. The Kier molecular flexibility index (Phi) is 9.23. The molecule has 54 heavy (non-hydrogen) atoms. The SMILES string of the molecule is C#Cc1c(F)ccc2cc(O)cc(-c3nc(OC)c4c(N5CCCOCC5)nc(OCC56CCCC5N(C5CC7(CCOCC7)C5)CCC6)nc4c3F)c12. The molecule has 0 bridgehead atoms. The van der Waals surface area contributed by atoms with Gasteiger partial charge in [0.2, 0.25) is 5.88 Å². The number of aromatic hydroxyl groups is 1. The van der Waals surface area contributed by atoms with E-state index in [1.807, 2.05) is 4.90 Å². The van der Waals surface area contributed by atoms with E-state index in [0.717, 1.165) is 58.3 Å². The first-order chi connectivity index (χ1) is 26.3. The van der Waals surface area contributed by atoms with Crippen LogP contribution in [0.25, 0.3) is 32.9 Å². The summed E-state index contributed by atoms with van der Waals surface area (Å²) < 4.78 is 56.3. The molecule has 2 aromatic heterocycles. The van der Waals surface area contributed by atoms with Gasteiger partial charge in [-0.05, 0) is 93.3 Å². The fourth-order valence-corrected chi connectivity index (χ4v) is 10.4. The highest BCUT2D eigenvalue weighted by atomic mass is 19.1. The van der Waals surface area contributed by atoms with Gasteiger partial charge >= 0.3 is 6.01 Å². The summed E-state index contributed by atoms with van der Waals surface area (Å²) in [5.74, 6) is 1.38. The third-order valence-corrected chi connectivity index (χ3v) is 13.1. The first-order valence-electron chi connectivity index (χ1n) is 19.5. The minimum absolute atomic E-state index is 0.0403. The number of ether oxygens (including phenoxy) is 4. The molecule has 1 N–H and O–H groups in total. The smallest absolute Gasteiger partial charge is 0.319 e. The van der Waals surface area contributed by atoms with E-state index in [0.29, 0.717) is 67.0 Å². The van der Waals surface area contributed by atoms with Crippen molar-refractivity contribution in [1.29, 1.82) is 0 Å². The van der Waals surface area contributed by atoms with Gasteiger partial charge in [0.05, 0.1) is 25.9 Å². The van der Waals surface area contributed by atoms with Crippen molar-refractivity contribution in [3.63, 3.8) is 0 Å². The summed E-state index contributed by atoms with van der Waals surface area (Å²) in [5.41, 5.74) is 0.246. The Morgan fingerprint density at radius 1 is 0.944 bits per heavy atom. The molecule has 5 fully saturated rings. The summed E-state index contributed by atoms with van der Waals surface area (Å²) in [6.07, 6.45) is 16.9. The summed E-state index contributed by atoms with van der Waals surface area (Å²) in [7, 11) is 1.45. The Bertz CT molecular complexity index is 2120. The third kappa shape index (κ3) is 5.99. The second-order valence-electron chi connectivity index (χ2n) is 16.0. The van der Waals surface area contributed by atoms with E-state index in [1.54, 1.807) is 0 Å². The highest BCUT2D eigenvalue weighted by molar-refractivity contribution is 6.04. The molecule has 2 saturated carbocycles. The number of aromatic nitrogens is 3. The number of pyridine rings is 1. The zero-order valence-electron chi connectivity index (χ0n) is 30.8. The van der Waals surface area contributed by atoms with Gasteiger partial charge in [0.25, 0.3) is 0 Å². The number of phenolic OH excluding ortho intramolecular Hbond substituents is 1. The molecular formula is C42H47F2N5O5. The van der Waals surface area contributed by atoms with Gasteiger partial charge in [-0.15, -0.1) is 6.42 Å². The fourth-order valence-electron chi connectivity index (χ4n) is 10.4. The zero-order valence-corrected chi connectivity index (χ0v) is 30.8. The molecule has 12 heteroatoms. The zero-order chi connectivity index (χ0) is 37.0. The number of phenols is 1. The van der Waals surface area contributed by atoms with Crippen LogP contribution in [0.2, 0.25) is 0 Å². The molecule has 2 atom stereocenters. The van der Waals surface area contributed by atoms with E-state index in [4.69, 9.17) is 35.3 Å². The number of halogens is 2. The van der Waals surface area contributed by atoms with Crippen LogP contribution in [0.15, 0.2) is 24.3 Å². The van der Waals surface area contributed by atoms with Crippen LogP contribution in [0, 0.1) is 34.8 Å².